The third-order valence-electron chi connectivity index (χ3n) is 4.55. The molecule has 0 aliphatic carbocycles. The van der Waals surface area contributed by atoms with Crippen molar-refractivity contribution < 1.29 is 19.1 Å². The quantitative estimate of drug-likeness (QED) is 0.730. The first-order valence-corrected chi connectivity index (χ1v) is 9.14. The van der Waals surface area contributed by atoms with Gasteiger partial charge in [0.15, 0.2) is 13.2 Å². The molecule has 0 saturated heterocycles. The van der Waals surface area contributed by atoms with Crippen molar-refractivity contribution in [2.45, 2.75) is 40.5 Å². The summed E-state index contributed by atoms with van der Waals surface area (Å²) in [6.07, 6.45) is 0. The second kappa shape index (κ2) is 8.78. The standard InChI is InChI=1S/C22H28N2O4/c1-12-6-14(3)21(27-10-19(23)25)17(8-12)16(5)18-9-13(2)7-15(4)22(18)28-11-20(24)26/h6-9,16H,10-11H2,1-5H3,(H2,23,25)(H2,24,26). The average molecular weight is 384 g/mol. The highest BCUT2D eigenvalue weighted by molar-refractivity contribution is 5.76. The van der Waals surface area contributed by atoms with Crippen molar-refractivity contribution in [3.05, 3.63) is 57.6 Å². The Balaban J connectivity index is 2.57. The second-order valence-electron chi connectivity index (χ2n) is 7.23. The maximum absolute atomic E-state index is 11.2. The van der Waals surface area contributed by atoms with Crippen molar-refractivity contribution in [1.82, 2.24) is 0 Å². The van der Waals surface area contributed by atoms with Gasteiger partial charge in [-0.3, -0.25) is 9.59 Å². The Bertz CT molecular complexity index is 832. The third kappa shape index (κ3) is 5.03. The Labute approximate surface area is 165 Å². The van der Waals surface area contributed by atoms with Crippen LogP contribution < -0.4 is 20.9 Å². The normalized spacial score (nSPS) is 10.8. The molecule has 2 amide bonds. The summed E-state index contributed by atoms with van der Waals surface area (Å²) < 4.78 is 11.5. The monoisotopic (exact) mass is 384 g/mol. The summed E-state index contributed by atoms with van der Waals surface area (Å²) >= 11 is 0. The van der Waals surface area contributed by atoms with Gasteiger partial charge in [0.1, 0.15) is 11.5 Å². The Hall–Kier alpha value is -3.02. The van der Waals surface area contributed by atoms with Gasteiger partial charge in [0.2, 0.25) is 0 Å². The molecule has 0 saturated carbocycles. The lowest BCUT2D eigenvalue weighted by molar-refractivity contribution is -0.120. The number of rotatable bonds is 8. The molecule has 0 fully saturated rings. The number of nitrogens with two attached hydrogens (primary N) is 2. The van der Waals surface area contributed by atoms with Crippen molar-refractivity contribution in [3.63, 3.8) is 0 Å². The lowest BCUT2D eigenvalue weighted by atomic mass is 9.87. The van der Waals surface area contributed by atoms with Crippen molar-refractivity contribution in [2.75, 3.05) is 13.2 Å². The Morgan fingerprint density at radius 3 is 1.46 bits per heavy atom. The van der Waals surface area contributed by atoms with E-state index in [2.05, 4.69) is 0 Å². The summed E-state index contributed by atoms with van der Waals surface area (Å²) in [5, 5.41) is 0. The molecule has 28 heavy (non-hydrogen) atoms. The van der Waals surface area contributed by atoms with Crippen LogP contribution in [0.5, 0.6) is 11.5 Å². The van der Waals surface area contributed by atoms with E-state index in [0.717, 1.165) is 33.4 Å². The van der Waals surface area contributed by atoms with Crippen LogP contribution in [0.1, 0.15) is 46.2 Å². The van der Waals surface area contributed by atoms with E-state index < -0.39 is 11.8 Å². The van der Waals surface area contributed by atoms with E-state index in [-0.39, 0.29) is 19.1 Å². The minimum absolute atomic E-state index is 0.108. The number of aryl methyl sites for hydroxylation is 4. The van der Waals surface area contributed by atoms with Crippen LogP contribution in [0.25, 0.3) is 0 Å². The number of carbonyl (C=O) groups excluding carboxylic acids is 2. The molecule has 0 heterocycles. The van der Waals surface area contributed by atoms with Crippen molar-refractivity contribution in [3.8, 4) is 11.5 Å². The molecule has 4 N–H and O–H groups in total. The molecule has 2 aromatic carbocycles. The predicted molar refractivity (Wildman–Crippen MR) is 109 cm³/mol. The fraction of sp³-hybridized carbons (Fsp3) is 0.364. The number of primary amides is 2. The summed E-state index contributed by atoms with van der Waals surface area (Å²) in [5.41, 5.74) is 16.4. The Morgan fingerprint density at radius 1 is 0.786 bits per heavy atom. The van der Waals surface area contributed by atoms with E-state index in [9.17, 15) is 9.59 Å². The van der Waals surface area contributed by atoms with Gasteiger partial charge >= 0.3 is 0 Å². The minimum atomic E-state index is -0.532. The smallest absolute Gasteiger partial charge is 0.255 e. The number of hydrogen-bond donors (Lipinski definition) is 2. The van der Waals surface area contributed by atoms with Gasteiger partial charge in [0.25, 0.3) is 11.8 Å². The maximum Gasteiger partial charge on any atom is 0.255 e. The van der Waals surface area contributed by atoms with E-state index in [4.69, 9.17) is 20.9 Å². The molecule has 0 atom stereocenters. The van der Waals surface area contributed by atoms with Gasteiger partial charge in [-0.1, -0.05) is 42.3 Å². The van der Waals surface area contributed by atoms with Crippen molar-refractivity contribution in [2.24, 2.45) is 11.5 Å². The second-order valence-corrected chi connectivity index (χ2v) is 7.23. The Kier molecular flexibility index (Phi) is 6.67. The molecule has 6 nitrogen and oxygen atoms in total. The Morgan fingerprint density at radius 2 is 1.14 bits per heavy atom. The molecule has 0 aromatic heterocycles. The zero-order valence-electron chi connectivity index (χ0n) is 17.1. The molecular formula is C22H28N2O4. The molecule has 0 bridgehead atoms. The largest absolute Gasteiger partial charge is 0.483 e. The van der Waals surface area contributed by atoms with Gasteiger partial charge in [0, 0.05) is 17.0 Å². The van der Waals surface area contributed by atoms with Crippen LogP contribution >= 0.6 is 0 Å². The van der Waals surface area contributed by atoms with Crippen LogP contribution in [0.3, 0.4) is 0 Å². The van der Waals surface area contributed by atoms with Crippen molar-refractivity contribution >= 4 is 11.8 Å². The molecule has 2 aromatic rings. The number of carbonyl (C=O) groups is 2. The number of ether oxygens (including phenoxy) is 2. The van der Waals surface area contributed by atoms with Crippen LogP contribution in [-0.4, -0.2) is 25.0 Å². The first kappa shape index (κ1) is 21.3. The van der Waals surface area contributed by atoms with Gasteiger partial charge in [-0.15, -0.1) is 0 Å². The van der Waals surface area contributed by atoms with Gasteiger partial charge in [-0.05, 0) is 38.8 Å². The minimum Gasteiger partial charge on any atom is -0.483 e. The zero-order chi connectivity index (χ0) is 21.0. The van der Waals surface area contributed by atoms with E-state index in [1.807, 2.05) is 58.9 Å². The van der Waals surface area contributed by atoms with Gasteiger partial charge in [-0.2, -0.15) is 0 Å². The van der Waals surface area contributed by atoms with Crippen LogP contribution in [0, 0.1) is 27.7 Å². The molecule has 0 spiro atoms. The summed E-state index contributed by atoms with van der Waals surface area (Å²) in [6.45, 7) is 9.54. The molecular weight excluding hydrogens is 356 g/mol. The molecule has 0 radical (unpaired) electrons. The topological polar surface area (TPSA) is 105 Å². The summed E-state index contributed by atoms with van der Waals surface area (Å²) in [4.78, 5) is 22.5. The predicted octanol–water partition coefficient (Wildman–Crippen LogP) is 2.80. The average Bonchev–Trinajstić information content (AvgIpc) is 2.57. The van der Waals surface area contributed by atoms with E-state index >= 15 is 0 Å². The van der Waals surface area contributed by atoms with Gasteiger partial charge in [0.05, 0.1) is 0 Å². The lowest BCUT2D eigenvalue weighted by Gasteiger charge is -2.23. The maximum atomic E-state index is 11.2. The van der Waals surface area contributed by atoms with E-state index in [1.54, 1.807) is 0 Å². The van der Waals surface area contributed by atoms with Crippen LogP contribution in [0.15, 0.2) is 24.3 Å². The highest BCUT2D eigenvalue weighted by Gasteiger charge is 2.22. The lowest BCUT2D eigenvalue weighted by Crippen LogP contribution is -2.22. The first-order valence-electron chi connectivity index (χ1n) is 9.14. The molecule has 6 heteroatoms. The zero-order valence-corrected chi connectivity index (χ0v) is 17.1. The first-order chi connectivity index (χ1) is 13.1. The fourth-order valence-electron chi connectivity index (χ4n) is 3.47. The SMILES string of the molecule is Cc1cc(C)c(OCC(N)=O)c(C(C)c2cc(C)cc(C)c2OCC(N)=O)c1. The molecule has 0 aliphatic heterocycles. The highest BCUT2D eigenvalue weighted by Crippen LogP contribution is 2.40. The van der Waals surface area contributed by atoms with Crippen LogP contribution in [0.4, 0.5) is 0 Å². The number of hydrogen-bond acceptors (Lipinski definition) is 4. The summed E-state index contributed by atoms with van der Waals surface area (Å²) in [6, 6.07) is 8.06. The van der Waals surface area contributed by atoms with Crippen molar-refractivity contribution in [1.29, 1.82) is 0 Å². The number of amides is 2. The molecule has 150 valence electrons. The third-order valence-corrected chi connectivity index (χ3v) is 4.55. The van der Waals surface area contributed by atoms with E-state index in [0.29, 0.717) is 11.5 Å². The summed E-state index contributed by atoms with van der Waals surface area (Å²) in [5.74, 6) is 0.0997. The number of benzene rings is 2. The fourth-order valence-corrected chi connectivity index (χ4v) is 3.47. The van der Waals surface area contributed by atoms with Crippen LogP contribution in [0.2, 0.25) is 0 Å². The molecule has 0 aliphatic rings. The van der Waals surface area contributed by atoms with Crippen LogP contribution in [-0.2, 0) is 9.59 Å². The molecule has 0 unspecified atom stereocenters. The van der Waals surface area contributed by atoms with Gasteiger partial charge in [-0.25, -0.2) is 0 Å². The molecule has 2 rings (SSSR count). The van der Waals surface area contributed by atoms with Gasteiger partial charge < -0.3 is 20.9 Å². The highest BCUT2D eigenvalue weighted by atomic mass is 16.5. The summed E-state index contributed by atoms with van der Waals surface area (Å²) in [7, 11) is 0. The van der Waals surface area contributed by atoms with E-state index in [1.165, 1.54) is 0 Å².